The molecule has 0 N–H and O–H groups in total. The normalized spacial score (nSPS) is 51.3. The van der Waals surface area contributed by atoms with Gasteiger partial charge < -0.3 is 0 Å². The zero-order chi connectivity index (χ0) is 12.1. The van der Waals surface area contributed by atoms with E-state index in [9.17, 15) is 0 Å². The van der Waals surface area contributed by atoms with E-state index in [0.717, 1.165) is 41.4 Å². The minimum absolute atomic E-state index is 1.01. The Morgan fingerprint density at radius 2 is 1.72 bits per heavy atom. The highest BCUT2D eigenvalue weighted by molar-refractivity contribution is 5.20. The monoisotopic (exact) mass is 244 g/mol. The summed E-state index contributed by atoms with van der Waals surface area (Å²) in [7, 11) is 0. The van der Waals surface area contributed by atoms with Gasteiger partial charge in [0.15, 0.2) is 0 Å². The lowest BCUT2D eigenvalue weighted by molar-refractivity contribution is 0.142. The molecule has 3 saturated carbocycles. The molecular weight excluding hydrogens is 216 g/mol. The highest BCUT2D eigenvalue weighted by Crippen LogP contribution is 2.67. The Labute approximate surface area is 112 Å². The van der Waals surface area contributed by atoms with Gasteiger partial charge in [0.05, 0.1) is 0 Å². The third-order valence-corrected chi connectivity index (χ3v) is 6.84. The summed E-state index contributed by atoms with van der Waals surface area (Å²) < 4.78 is 0. The Hall–Kier alpha value is -0.260. The molecule has 7 atom stereocenters. The predicted molar refractivity (Wildman–Crippen MR) is 76.2 cm³/mol. The average molecular weight is 244 g/mol. The maximum Gasteiger partial charge on any atom is -0.0194 e. The van der Waals surface area contributed by atoms with E-state index in [1.165, 1.54) is 32.1 Å². The Bertz CT molecular complexity index is 342. The molecule has 0 heterocycles. The minimum atomic E-state index is 1.01. The van der Waals surface area contributed by atoms with E-state index < -0.39 is 0 Å². The molecule has 0 radical (unpaired) electrons. The van der Waals surface area contributed by atoms with Crippen LogP contribution in [0.3, 0.4) is 0 Å². The van der Waals surface area contributed by atoms with Crippen LogP contribution in [0.25, 0.3) is 0 Å². The van der Waals surface area contributed by atoms with Gasteiger partial charge in [-0.2, -0.15) is 0 Å². The van der Waals surface area contributed by atoms with Crippen LogP contribution in [0.4, 0.5) is 0 Å². The molecule has 0 heteroatoms. The van der Waals surface area contributed by atoms with Gasteiger partial charge >= 0.3 is 0 Å². The maximum absolute atomic E-state index is 2.58. The van der Waals surface area contributed by atoms with Crippen molar-refractivity contribution in [2.45, 2.75) is 58.3 Å². The fraction of sp³-hybridized carbons (Fsp3) is 0.889. The Balaban J connectivity index is 1.38. The van der Waals surface area contributed by atoms with Crippen molar-refractivity contribution < 1.29 is 0 Å². The lowest BCUT2D eigenvalue weighted by atomic mass is 9.68. The van der Waals surface area contributed by atoms with Gasteiger partial charge in [-0.05, 0) is 60.7 Å². The van der Waals surface area contributed by atoms with Crippen LogP contribution in [-0.4, -0.2) is 0 Å². The summed E-state index contributed by atoms with van der Waals surface area (Å²) in [5, 5.41) is 0. The molecule has 0 spiro atoms. The standard InChI is InChI=1S/C18H28/c1-2-3-4-5-6-12-9-15-11-16(12)18-14-8-7-13(10-14)17(15)18/h7-8,12-18H,2-6,9-11H2,1H3. The van der Waals surface area contributed by atoms with Gasteiger partial charge in [0.1, 0.15) is 0 Å². The Kier molecular flexibility index (Phi) is 2.82. The largest absolute Gasteiger partial charge is 0.0848 e. The molecule has 4 aliphatic carbocycles. The van der Waals surface area contributed by atoms with Crippen LogP contribution in [0.5, 0.6) is 0 Å². The van der Waals surface area contributed by atoms with Gasteiger partial charge in [0, 0.05) is 0 Å². The van der Waals surface area contributed by atoms with Crippen LogP contribution in [0.2, 0.25) is 0 Å². The SMILES string of the molecule is CCCCCCC1CC2CC1C1C3C=CC(C3)C21. The van der Waals surface area contributed by atoms with Gasteiger partial charge in [-0.1, -0.05) is 51.2 Å². The van der Waals surface area contributed by atoms with Crippen molar-refractivity contribution in [2.75, 3.05) is 0 Å². The van der Waals surface area contributed by atoms with Gasteiger partial charge in [-0.15, -0.1) is 0 Å². The van der Waals surface area contributed by atoms with Crippen molar-refractivity contribution in [1.82, 2.24) is 0 Å². The summed E-state index contributed by atoms with van der Waals surface area (Å²) >= 11 is 0. The van der Waals surface area contributed by atoms with E-state index in [1.807, 2.05) is 0 Å². The summed E-state index contributed by atoms with van der Waals surface area (Å²) in [5.74, 6) is 7.69. The highest BCUT2D eigenvalue weighted by Gasteiger charge is 2.60. The third-order valence-electron chi connectivity index (χ3n) is 6.84. The highest BCUT2D eigenvalue weighted by atomic mass is 14.6. The zero-order valence-electron chi connectivity index (χ0n) is 11.9. The third kappa shape index (κ3) is 1.57. The minimum Gasteiger partial charge on any atom is -0.0848 e. The van der Waals surface area contributed by atoms with Crippen LogP contribution >= 0.6 is 0 Å². The van der Waals surface area contributed by atoms with Crippen molar-refractivity contribution in [3.63, 3.8) is 0 Å². The van der Waals surface area contributed by atoms with Gasteiger partial charge in [0.2, 0.25) is 0 Å². The maximum atomic E-state index is 2.58. The predicted octanol–water partition coefficient (Wildman–Crippen LogP) is 5.05. The topological polar surface area (TPSA) is 0 Å². The van der Waals surface area contributed by atoms with Crippen molar-refractivity contribution in [3.05, 3.63) is 12.2 Å². The second-order valence-corrected chi connectivity index (χ2v) is 7.61. The average Bonchev–Trinajstić information content (AvgIpc) is 3.10. The molecule has 0 amide bonds. The van der Waals surface area contributed by atoms with E-state index in [0.29, 0.717) is 0 Å². The zero-order valence-corrected chi connectivity index (χ0v) is 11.9. The molecule has 0 nitrogen and oxygen atoms in total. The number of fused-ring (bicyclic) bond motifs is 9. The first-order valence-corrected chi connectivity index (χ1v) is 8.56. The van der Waals surface area contributed by atoms with E-state index in [-0.39, 0.29) is 0 Å². The van der Waals surface area contributed by atoms with Crippen molar-refractivity contribution in [1.29, 1.82) is 0 Å². The van der Waals surface area contributed by atoms with E-state index in [2.05, 4.69) is 19.1 Å². The van der Waals surface area contributed by atoms with Gasteiger partial charge in [-0.25, -0.2) is 0 Å². The van der Waals surface area contributed by atoms with Gasteiger partial charge in [-0.3, -0.25) is 0 Å². The first-order valence-electron chi connectivity index (χ1n) is 8.56. The first-order chi connectivity index (χ1) is 8.88. The summed E-state index contributed by atoms with van der Waals surface area (Å²) in [6.07, 6.45) is 17.3. The quantitative estimate of drug-likeness (QED) is 0.360. The molecule has 4 bridgehead atoms. The Morgan fingerprint density at radius 3 is 2.56 bits per heavy atom. The van der Waals surface area contributed by atoms with E-state index in [1.54, 1.807) is 19.3 Å². The second-order valence-electron chi connectivity index (χ2n) is 7.61. The fourth-order valence-electron chi connectivity index (χ4n) is 6.32. The second kappa shape index (κ2) is 4.39. The molecule has 3 fully saturated rings. The van der Waals surface area contributed by atoms with E-state index >= 15 is 0 Å². The number of hydrogen-bond donors (Lipinski definition) is 0. The number of rotatable bonds is 5. The smallest absolute Gasteiger partial charge is 0.0194 e. The summed E-state index contributed by atoms with van der Waals surface area (Å²) in [6.45, 7) is 2.32. The first kappa shape index (κ1) is 11.6. The van der Waals surface area contributed by atoms with Crippen molar-refractivity contribution >= 4 is 0 Å². The van der Waals surface area contributed by atoms with Crippen molar-refractivity contribution in [2.24, 2.45) is 41.4 Å². The molecule has 100 valence electrons. The van der Waals surface area contributed by atoms with Gasteiger partial charge in [0.25, 0.3) is 0 Å². The van der Waals surface area contributed by atoms with Crippen LogP contribution in [0, 0.1) is 41.4 Å². The van der Waals surface area contributed by atoms with Crippen LogP contribution in [-0.2, 0) is 0 Å². The van der Waals surface area contributed by atoms with Crippen LogP contribution in [0.1, 0.15) is 58.3 Å². The molecule has 7 unspecified atom stereocenters. The van der Waals surface area contributed by atoms with Crippen LogP contribution in [0.15, 0.2) is 12.2 Å². The molecule has 0 aromatic heterocycles. The number of allylic oxidation sites excluding steroid dienone is 2. The summed E-state index contributed by atoms with van der Waals surface area (Å²) in [5.41, 5.74) is 0. The molecule has 0 saturated heterocycles. The number of unbranched alkanes of at least 4 members (excludes halogenated alkanes) is 3. The van der Waals surface area contributed by atoms with Crippen molar-refractivity contribution in [3.8, 4) is 0 Å². The summed E-state index contributed by atoms with van der Waals surface area (Å²) in [4.78, 5) is 0. The van der Waals surface area contributed by atoms with E-state index in [4.69, 9.17) is 0 Å². The molecule has 0 aromatic rings. The lowest BCUT2D eigenvalue weighted by Crippen LogP contribution is -2.30. The molecule has 0 aliphatic heterocycles. The Morgan fingerprint density at radius 1 is 0.889 bits per heavy atom. The molecular formula is C18H28. The molecule has 4 aliphatic rings. The molecule has 18 heavy (non-hydrogen) atoms. The lowest BCUT2D eigenvalue weighted by Gasteiger charge is -2.36. The summed E-state index contributed by atoms with van der Waals surface area (Å²) in [6, 6.07) is 0. The molecule has 4 rings (SSSR count). The fourth-order valence-corrected chi connectivity index (χ4v) is 6.32. The number of hydrogen-bond acceptors (Lipinski definition) is 0. The van der Waals surface area contributed by atoms with Crippen LogP contribution < -0.4 is 0 Å². The molecule has 0 aromatic carbocycles.